The summed E-state index contributed by atoms with van der Waals surface area (Å²) >= 11 is 0. The van der Waals surface area contributed by atoms with Gasteiger partial charge in [0.1, 0.15) is 6.67 Å². The first-order valence-corrected chi connectivity index (χ1v) is 8.06. The van der Waals surface area contributed by atoms with Crippen LogP contribution >= 0.6 is 0 Å². The zero-order valence-electron chi connectivity index (χ0n) is 11.5. The summed E-state index contributed by atoms with van der Waals surface area (Å²) in [7, 11) is -1.86. The first kappa shape index (κ1) is 15.8. The fourth-order valence-electron chi connectivity index (χ4n) is 2.17. The van der Waals surface area contributed by atoms with Gasteiger partial charge < -0.3 is 4.74 Å². The topological polar surface area (TPSA) is 92.1 Å². The van der Waals surface area contributed by atoms with Crippen LogP contribution in [0.15, 0.2) is 34.3 Å². The molecule has 1 aliphatic rings. The van der Waals surface area contributed by atoms with Gasteiger partial charge in [-0.05, 0) is 36.1 Å². The minimum Gasteiger partial charge on any atom is -0.376 e. The number of nitrogens with zero attached hydrogens (tertiary/aromatic N) is 3. The molecule has 8 heteroatoms. The van der Waals surface area contributed by atoms with Gasteiger partial charge in [-0.3, -0.25) is 4.39 Å². The Kier molecular flexibility index (Phi) is 4.82. The van der Waals surface area contributed by atoms with Gasteiger partial charge in [0.15, 0.2) is 9.84 Å². The van der Waals surface area contributed by atoms with E-state index in [2.05, 4.69) is 10.0 Å². The molecule has 0 aromatic heterocycles. The molecule has 0 heterocycles. The fraction of sp³-hybridized carbons (Fsp3) is 0.538. The highest BCUT2D eigenvalue weighted by molar-refractivity contribution is 7.92. The Balaban J connectivity index is 2.26. The summed E-state index contributed by atoms with van der Waals surface area (Å²) < 4.78 is 42.2. The van der Waals surface area contributed by atoms with Crippen LogP contribution in [0.3, 0.4) is 0 Å². The molecule has 0 amide bonds. The van der Waals surface area contributed by atoms with E-state index in [0.717, 1.165) is 0 Å². The van der Waals surface area contributed by atoms with Crippen LogP contribution in [0.5, 0.6) is 0 Å². The van der Waals surface area contributed by atoms with Crippen molar-refractivity contribution in [2.45, 2.75) is 35.1 Å². The van der Waals surface area contributed by atoms with E-state index in [1.807, 2.05) is 0 Å². The molecule has 0 saturated heterocycles. The summed E-state index contributed by atoms with van der Waals surface area (Å²) in [5, 5.41) is 3.09. The average molecular weight is 313 g/mol. The van der Waals surface area contributed by atoms with Crippen molar-refractivity contribution in [2.75, 3.05) is 13.8 Å². The lowest BCUT2D eigenvalue weighted by Crippen LogP contribution is -2.20. The van der Waals surface area contributed by atoms with Crippen molar-refractivity contribution in [2.24, 2.45) is 5.11 Å². The maximum Gasteiger partial charge on any atom is 0.181 e. The van der Waals surface area contributed by atoms with Crippen LogP contribution in [0.2, 0.25) is 0 Å². The molecule has 0 spiro atoms. The van der Waals surface area contributed by atoms with Crippen LogP contribution in [-0.2, 0) is 14.6 Å². The van der Waals surface area contributed by atoms with Gasteiger partial charge in [0, 0.05) is 12.0 Å². The highest BCUT2D eigenvalue weighted by Crippen LogP contribution is 2.34. The molecule has 1 aliphatic carbocycles. The molecule has 1 aromatic carbocycles. The van der Waals surface area contributed by atoms with Crippen LogP contribution in [-0.4, -0.2) is 33.5 Å². The largest absolute Gasteiger partial charge is 0.376 e. The van der Waals surface area contributed by atoms with Crippen molar-refractivity contribution >= 4 is 9.84 Å². The van der Waals surface area contributed by atoms with Gasteiger partial charge in [-0.15, -0.1) is 0 Å². The van der Waals surface area contributed by atoms with Crippen molar-refractivity contribution in [3.63, 3.8) is 0 Å². The monoisotopic (exact) mass is 313 g/mol. The maximum absolute atomic E-state index is 12.9. The number of sulfone groups is 1. The summed E-state index contributed by atoms with van der Waals surface area (Å²) in [4.78, 5) is 2.85. The summed E-state index contributed by atoms with van der Waals surface area (Å²) in [5.74, 6) is 0. The lowest BCUT2D eigenvalue weighted by Gasteiger charge is -2.20. The number of azide groups is 1. The molecule has 0 bridgehead atoms. The number of hydrogen-bond donors (Lipinski definition) is 0. The summed E-state index contributed by atoms with van der Waals surface area (Å²) in [6.45, 7) is -0.856. The van der Waals surface area contributed by atoms with Gasteiger partial charge in [-0.25, -0.2) is 8.42 Å². The third-order valence-electron chi connectivity index (χ3n) is 3.46. The summed E-state index contributed by atoms with van der Waals surface area (Å²) in [6.07, 6.45) is 0.653. The molecule has 6 nitrogen and oxygen atoms in total. The second kappa shape index (κ2) is 6.43. The van der Waals surface area contributed by atoms with Crippen molar-refractivity contribution in [3.8, 4) is 0 Å². The number of rotatable bonds is 7. The normalized spacial score (nSPS) is 17.8. The highest BCUT2D eigenvalue weighted by Gasteiger charge is 2.36. The van der Waals surface area contributed by atoms with Crippen LogP contribution in [0, 0.1) is 0 Å². The summed E-state index contributed by atoms with van der Waals surface area (Å²) in [6, 6.07) is 5.13. The minimum absolute atomic E-state index is 0.254. The number of hydrogen-bond acceptors (Lipinski definition) is 4. The Bertz CT molecular complexity index is 637. The second-order valence-corrected chi connectivity index (χ2v) is 7.12. The predicted molar refractivity (Wildman–Crippen MR) is 75.3 cm³/mol. The van der Waals surface area contributed by atoms with E-state index in [4.69, 9.17) is 10.3 Å². The van der Waals surface area contributed by atoms with E-state index < -0.39 is 28.7 Å². The van der Waals surface area contributed by atoms with Crippen LogP contribution in [0.4, 0.5) is 4.39 Å². The number of ether oxygens (including phenoxy) is 1. The first-order chi connectivity index (χ1) is 10.0. The molecule has 1 fully saturated rings. The molecule has 2 rings (SSSR count). The van der Waals surface area contributed by atoms with E-state index in [0.29, 0.717) is 18.4 Å². The summed E-state index contributed by atoms with van der Waals surface area (Å²) in [5.41, 5.74) is 9.01. The third-order valence-corrected chi connectivity index (χ3v) is 5.74. The molecule has 21 heavy (non-hydrogen) atoms. The molecule has 0 unspecified atom stereocenters. The van der Waals surface area contributed by atoms with Crippen molar-refractivity contribution < 1.29 is 17.5 Å². The third kappa shape index (κ3) is 3.34. The zero-order valence-corrected chi connectivity index (χ0v) is 12.3. The average Bonchev–Trinajstić information content (AvgIpc) is 3.32. The molecule has 114 valence electrons. The standard InChI is InChI=1S/C13H16FN3O3S/c1-20-13(12(8-14)16-17-15)9-2-4-10(5-3-9)21(18,19)11-6-7-11/h2-5,11-13H,6-8H2,1H3/t12-,13-/m1/s1. The number of alkyl halides is 1. The van der Waals surface area contributed by atoms with Gasteiger partial charge in [-0.2, -0.15) is 0 Å². The molecule has 0 aliphatic heterocycles. The molecular weight excluding hydrogens is 297 g/mol. The number of methoxy groups -OCH3 is 1. The SMILES string of the molecule is CO[C@H](c1ccc(S(=O)(=O)C2CC2)cc1)[C@@H](CF)N=[N+]=[N-]. The quantitative estimate of drug-likeness (QED) is 0.440. The van der Waals surface area contributed by atoms with E-state index in [9.17, 15) is 12.8 Å². The Morgan fingerprint density at radius 1 is 1.43 bits per heavy atom. The Labute approximate surface area is 122 Å². The van der Waals surface area contributed by atoms with E-state index in [-0.39, 0.29) is 10.1 Å². The lowest BCUT2D eigenvalue weighted by atomic mass is 10.0. The second-order valence-electron chi connectivity index (χ2n) is 4.90. The van der Waals surface area contributed by atoms with E-state index in [1.54, 1.807) is 12.1 Å². The zero-order chi connectivity index (χ0) is 15.5. The number of benzene rings is 1. The number of halogens is 1. The molecule has 0 N–H and O–H groups in total. The van der Waals surface area contributed by atoms with E-state index >= 15 is 0 Å². The van der Waals surface area contributed by atoms with Crippen molar-refractivity contribution in [1.82, 2.24) is 0 Å². The molecule has 0 radical (unpaired) electrons. The molecule has 1 saturated carbocycles. The van der Waals surface area contributed by atoms with Crippen LogP contribution < -0.4 is 0 Å². The fourth-order valence-corrected chi connectivity index (χ4v) is 3.83. The van der Waals surface area contributed by atoms with Crippen LogP contribution in [0.25, 0.3) is 10.4 Å². The van der Waals surface area contributed by atoms with Crippen molar-refractivity contribution in [1.29, 1.82) is 0 Å². The molecule has 1 aromatic rings. The Morgan fingerprint density at radius 2 is 2.05 bits per heavy atom. The van der Waals surface area contributed by atoms with Gasteiger partial charge in [0.05, 0.1) is 22.3 Å². The van der Waals surface area contributed by atoms with E-state index in [1.165, 1.54) is 19.2 Å². The van der Waals surface area contributed by atoms with Gasteiger partial charge in [0.25, 0.3) is 0 Å². The lowest BCUT2D eigenvalue weighted by molar-refractivity contribution is 0.0721. The maximum atomic E-state index is 12.9. The van der Waals surface area contributed by atoms with Gasteiger partial charge in [0.2, 0.25) is 0 Å². The van der Waals surface area contributed by atoms with Crippen molar-refractivity contribution in [3.05, 3.63) is 40.3 Å². The smallest absolute Gasteiger partial charge is 0.181 e. The Hall–Kier alpha value is -1.63. The highest BCUT2D eigenvalue weighted by atomic mass is 32.2. The van der Waals surface area contributed by atoms with Crippen LogP contribution in [0.1, 0.15) is 24.5 Å². The Morgan fingerprint density at radius 3 is 2.48 bits per heavy atom. The van der Waals surface area contributed by atoms with Gasteiger partial charge >= 0.3 is 0 Å². The minimum atomic E-state index is -3.25. The van der Waals surface area contributed by atoms with Gasteiger partial charge in [-0.1, -0.05) is 17.2 Å². The predicted octanol–water partition coefficient (Wildman–Crippen LogP) is 2.96. The molecule has 2 atom stereocenters. The first-order valence-electron chi connectivity index (χ1n) is 6.51. The molecular formula is C13H16FN3O3S.